The minimum atomic E-state index is -0.620. The van der Waals surface area contributed by atoms with Crippen LogP contribution in [0, 0.1) is 0 Å². The average molecular weight is 211 g/mol. The minimum Gasteiger partial charge on any atom is -0.503 e. The molecule has 0 spiro atoms. The molecule has 0 saturated heterocycles. The maximum absolute atomic E-state index is 9.77. The predicted molar refractivity (Wildman–Crippen MR) is 54.5 cm³/mol. The fourth-order valence-electron chi connectivity index (χ4n) is 1.97. The number of fused-ring (bicyclic) bond motifs is 1. The molecule has 5 nitrogen and oxygen atoms in total. The molecular weight excluding hydrogens is 196 g/mol. The molecule has 1 aromatic carbocycles. The van der Waals surface area contributed by atoms with Crippen molar-refractivity contribution in [2.45, 2.75) is 12.6 Å². The summed E-state index contributed by atoms with van der Waals surface area (Å²) in [5, 5.41) is 21.5. The van der Waals surface area contributed by atoms with E-state index in [4.69, 9.17) is 10.5 Å². The molecule has 82 valence electrons. The third-order valence-electron chi connectivity index (χ3n) is 2.74. The number of anilines is 1. The van der Waals surface area contributed by atoms with Crippen LogP contribution in [-0.2, 0) is 6.54 Å². The Morgan fingerprint density at radius 2 is 2.33 bits per heavy atom. The number of nitrogen functional groups attached to an aromatic ring is 1. The van der Waals surface area contributed by atoms with Crippen LogP contribution in [0.5, 0.6) is 11.5 Å². The average Bonchev–Trinajstić information content (AvgIpc) is 2.23. The number of ether oxygens (including phenoxy) is 1. The molecule has 0 aromatic heterocycles. The fraction of sp³-hybridized carbons (Fsp3) is 0.400. The van der Waals surface area contributed by atoms with E-state index >= 15 is 0 Å². The Morgan fingerprint density at radius 3 is 3.00 bits per heavy atom. The van der Waals surface area contributed by atoms with Crippen LogP contribution in [0.4, 0.5) is 5.69 Å². The number of rotatable bonds is 1. The van der Waals surface area contributed by atoms with Gasteiger partial charge in [-0.1, -0.05) is 0 Å². The van der Waals surface area contributed by atoms with Gasteiger partial charge in [0.05, 0.1) is 12.8 Å². The summed E-state index contributed by atoms with van der Waals surface area (Å²) in [4.78, 5) is 0. The number of phenolic OH excluding ortho intramolecular Hbond substituents is 1. The molecule has 5 heteroatoms. The molecule has 2 rings (SSSR count). The maximum Gasteiger partial charge on any atom is 0.181 e. The normalized spacial score (nSPS) is 19.7. The summed E-state index contributed by atoms with van der Waals surface area (Å²) in [5.41, 5.74) is 7.55. The van der Waals surface area contributed by atoms with Gasteiger partial charge in [-0.25, -0.2) is 0 Å². The van der Waals surface area contributed by atoms with Gasteiger partial charge < -0.3 is 26.0 Å². The highest BCUT2D eigenvalue weighted by molar-refractivity contribution is 5.67. The van der Waals surface area contributed by atoms with Gasteiger partial charge in [-0.05, 0) is 6.07 Å². The number of benzene rings is 1. The van der Waals surface area contributed by atoms with Gasteiger partial charge in [-0.15, -0.1) is 0 Å². The lowest BCUT2D eigenvalue weighted by Gasteiger charge is -2.23. The summed E-state index contributed by atoms with van der Waals surface area (Å²) in [5.74, 6) is 0.269. The van der Waals surface area contributed by atoms with E-state index in [0.717, 1.165) is 12.1 Å². The lowest BCUT2D eigenvalue weighted by Crippen LogP contribution is -2.85. The summed E-state index contributed by atoms with van der Waals surface area (Å²) in [6, 6.07) is 1.72. The van der Waals surface area contributed by atoms with Gasteiger partial charge in [0.1, 0.15) is 19.2 Å². The molecule has 15 heavy (non-hydrogen) atoms. The Morgan fingerprint density at radius 1 is 1.60 bits per heavy atom. The molecule has 1 aromatic rings. The number of aromatic hydroxyl groups is 1. The van der Waals surface area contributed by atoms with E-state index < -0.39 is 6.10 Å². The van der Waals surface area contributed by atoms with Gasteiger partial charge in [0.2, 0.25) is 0 Å². The van der Waals surface area contributed by atoms with Crippen LogP contribution in [0.25, 0.3) is 0 Å². The molecule has 1 aliphatic heterocycles. The first-order chi connectivity index (χ1) is 7.15. The highest BCUT2D eigenvalue weighted by Gasteiger charge is 2.26. The van der Waals surface area contributed by atoms with Crippen LogP contribution in [0.3, 0.4) is 0 Å². The second-order valence-corrected chi connectivity index (χ2v) is 3.66. The van der Waals surface area contributed by atoms with Gasteiger partial charge in [0, 0.05) is 11.1 Å². The molecular formula is C10H15N2O3+. The molecule has 0 unspecified atom stereocenters. The molecule has 0 bridgehead atoms. The van der Waals surface area contributed by atoms with Crippen LogP contribution in [0.15, 0.2) is 6.07 Å². The fourth-order valence-corrected chi connectivity index (χ4v) is 1.97. The van der Waals surface area contributed by atoms with Crippen molar-refractivity contribution < 1.29 is 20.3 Å². The third-order valence-corrected chi connectivity index (χ3v) is 2.74. The zero-order chi connectivity index (χ0) is 11.0. The van der Waals surface area contributed by atoms with Gasteiger partial charge in [0.15, 0.2) is 11.5 Å². The van der Waals surface area contributed by atoms with E-state index in [-0.39, 0.29) is 11.4 Å². The van der Waals surface area contributed by atoms with Crippen LogP contribution >= 0.6 is 0 Å². The van der Waals surface area contributed by atoms with Crippen molar-refractivity contribution in [1.82, 2.24) is 0 Å². The van der Waals surface area contributed by atoms with Crippen molar-refractivity contribution in [2.75, 3.05) is 19.4 Å². The van der Waals surface area contributed by atoms with Gasteiger partial charge in [-0.3, -0.25) is 0 Å². The number of aliphatic hydroxyl groups excluding tert-OH is 1. The molecule has 1 aliphatic rings. The second kappa shape index (κ2) is 3.60. The Labute approximate surface area is 87.5 Å². The molecule has 0 radical (unpaired) electrons. The SMILES string of the molecule is COc1cc2c(c(N)c1O)[C@@H](O)C[NH2+]C2. The molecule has 1 heterocycles. The summed E-state index contributed by atoms with van der Waals surface area (Å²) < 4.78 is 5.00. The van der Waals surface area contributed by atoms with Crippen molar-refractivity contribution >= 4 is 5.69 Å². The van der Waals surface area contributed by atoms with E-state index in [2.05, 4.69) is 0 Å². The van der Waals surface area contributed by atoms with E-state index in [0.29, 0.717) is 17.9 Å². The number of phenols is 1. The number of methoxy groups -OCH3 is 1. The standard InChI is InChI=1S/C10H14N2O3/c1-15-7-2-5-3-12-4-6(13)8(5)9(11)10(7)14/h2,6,12-14H,3-4,11H2,1H3/p+1/t6-/m0/s1. The lowest BCUT2D eigenvalue weighted by atomic mass is 9.96. The highest BCUT2D eigenvalue weighted by atomic mass is 16.5. The smallest absolute Gasteiger partial charge is 0.181 e. The van der Waals surface area contributed by atoms with Crippen molar-refractivity contribution in [3.05, 3.63) is 17.2 Å². The van der Waals surface area contributed by atoms with Crippen LogP contribution in [0.1, 0.15) is 17.2 Å². The van der Waals surface area contributed by atoms with Crippen molar-refractivity contribution in [1.29, 1.82) is 0 Å². The van der Waals surface area contributed by atoms with E-state index in [1.165, 1.54) is 7.11 Å². The minimum absolute atomic E-state index is 0.0859. The number of hydrogen-bond acceptors (Lipinski definition) is 4. The quantitative estimate of drug-likeness (QED) is 0.357. The first-order valence-corrected chi connectivity index (χ1v) is 4.83. The Bertz CT molecular complexity index is 393. The molecule has 0 amide bonds. The monoisotopic (exact) mass is 211 g/mol. The number of nitrogens with two attached hydrogens (primary N) is 2. The topological polar surface area (TPSA) is 92.3 Å². The summed E-state index contributed by atoms with van der Waals surface area (Å²) in [6.07, 6.45) is -0.620. The first kappa shape index (κ1) is 10.1. The number of hydrogen-bond donors (Lipinski definition) is 4. The van der Waals surface area contributed by atoms with Crippen LogP contribution < -0.4 is 15.8 Å². The molecule has 1 atom stereocenters. The van der Waals surface area contributed by atoms with E-state index in [1.54, 1.807) is 6.07 Å². The molecule has 0 fully saturated rings. The second-order valence-electron chi connectivity index (χ2n) is 3.66. The predicted octanol–water partition coefficient (Wildman–Crippen LogP) is -0.907. The van der Waals surface area contributed by atoms with Gasteiger partial charge >= 0.3 is 0 Å². The van der Waals surface area contributed by atoms with E-state index in [1.807, 2.05) is 5.32 Å². The number of aliphatic hydroxyl groups is 1. The Kier molecular flexibility index (Phi) is 2.42. The first-order valence-electron chi connectivity index (χ1n) is 4.83. The summed E-state index contributed by atoms with van der Waals surface area (Å²) >= 11 is 0. The molecule has 0 aliphatic carbocycles. The largest absolute Gasteiger partial charge is 0.503 e. The van der Waals surface area contributed by atoms with Crippen molar-refractivity contribution in [2.24, 2.45) is 0 Å². The highest BCUT2D eigenvalue weighted by Crippen LogP contribution is 2.40. The zero-order valence-electron chi connectivity index (χ0n) is 8.53. The summed E-state index contributed by atoms with van der Waals surface area (Å²) in [6.45, 7) is 1.32. The van der Waals surface area contributed by atoms with Crippen LogP contribution in [-0.4, -0.2) is 23.9 Å². The molecule has 0 saturated carbocycles. The van der Waals surface area contributed by atoms with Crippen LogP contribution in [0.2, 0.25) is 0 Å². The molecule has 6 N–H and O–H groups in total. The Balaban J connectivity index is 2.61. The third kappa shape index (κ3) is 1.49. The maximum atomic E-state index is 9.77. The Hall–Kier alpha value is -1.46. The van der Waals surface area contributed by atoms with E-state index in [9.17, 15) is 10.2 Å². The van der Waals surface area contributed by atoms with Crippen molar-refractivity contribution in [3.8, 4) is 11.5 Å². The lowest BCUT2D eigenvalue weighted by molar-refractivity contribution is -0.681. The summed E-state index contributed by atoms with van der Waals surface area (Å²) in [7, 11) is 1.48. The number of quaternary nitrogens is 1. The van der Waals surface area contributed by atoms with Crippen molar-refractivity contribution in [3.63, 3.8) is 0 Å². The zero-order valence-corrected chi connectivity index (χ0v) is 8.53. The van der Waals surface area contributed by atoms with Gasteiger partial charge in [-0.2, -0.15) is 0 Å². The van der Waals surface area contributed by atoms with Gasteiger partial charge in [0.25, 0.3) is 0 Å².